The van der Waals surface area contributed by atoms with Crippen LogP contribution in [0.1, 0.15) is 47.5 Å². The summed E-state index contributed by atoms with van der Waals surface area (Å²) < 4.78 is 5.33. The summed E-state index contributed by atoms with van der Waals surface area (Å²) >= 11 is 0. The van der Waals surface area contributed by atoms with Gasteiger partial charge in [-0.2, -0.15) is 0 Å². The zero-order valence-corrected chi connectivity index (χ0v) is 12.8. The van der Waals surface area contributed by atoms with Crippen molar-refractivity contribution in [3.05, 3.63) is 0 Å². The Morgan fingerprint density at radius 2 is 1.89 bits per heavy atom. The Balaban J connectivity index is 4.13. The summed E-state index contributed by atoms with van der Waals surface area (Å²) in [5, 5.41) is 22.1. The second kappa shape index (κ2) is 7.82. The summed E-state index contributed by atoms with van der Waals surface area (Å²) in [7, 11) is 0. The van der Waals surface area contributed by atoms with Crippen LogP contribution in [0, 0.1) is 5.41 Å². The fourth-order valence-electron chi connectivity index (χ4n) is 1.39. The number of β-amino-alcohol motifs (C(OH)–C–C–N with tert-alkyl or cyclic N) is 1. The van der Waals surface area contributed by atoms with Crippen LogP contribution in [-0.2, 0) is 9.53 Å². The van der Waals surface area contributed by atoms with Crippen LogP contribution in [-0.4, -0.2) is 47.6 Å². The fourth-order valence-corrected chi connectivity index (χ4v) is 1.39. The first-order valence-corrected chi connectivity index (χ1v) is 6.89. The number of carboxylic acid groups (broad SMARTS) is 1. The van der Waals surface area contributed by atoms with Crippen molar-refractivity contribution in [2.24, 2.45) is 5.41 Å². The van der Waals surface area contributed by atoms with Crippen molar-refractivity contribution in [1.29, 1.82) is 0 Å². The molecule has 0 aromatic rings. The molecule has 114 valence electrons. The number of ether oxygens (including phenoxy) is 1. The molecule has 0 heterocycles. The number of hydrogen-bond acceptors (Lipinski definition) is 4. The zero-order chi connectivity index (χ0) is 15.1. The Morgan fingerprint density at radius 1 is 1.32 bits per heavy atom. The highest BCUT2D eigenvalue weighted by Gasteiger charge is 2.43. The van der Waals surface area contributed by atoms with Crippen LogP contribution in [0.15, 0.2) is 0 Å². The summed E-state index contributed by atoms with van der Waals surface area (Å²) in [5.41, 5.74) is -1.54. The standard InChI is InChI=1S/C14H29NO4/c1-6-7-8-19-10-11(16)9-15-14(4,5)13(2,3)12(17)18/h11,15-16H,6-10H2,1-5H3,(H,17,18). The Labute approximate surface area is 116 Å². The Kier molecular flexibility index (Phi) is 7.55. The zero-order valence-electron chi connectivity index (χ0n) is 12.8. The molecule has 0 saturated heterocycles. The van der Waals surface area contributed by atoms with Gasteiger partial charge in [0.1, 0.15) is 0 Å². The van der Waals surface area contributed by atoms with Crippen LogP contribution < -0.4 is 5.32 Å². The third kappa shape index (κ3) is 5.89. The third-order valence-corrected chi connectivity index (χ3v) is 3.83. The van der Waals surface area contributed by atoms with Crippen molar-refractivity contribution in [1.82, 2.24) is 5.32 Å². The van der Waals surface area contributed by atoms with E-state index in [0.29, 0.717) is 13.2 Å². The lowest BCUT2D eigenvalue weighted by atomic mass is 9.74. The van der Waals surface area contributed by atoms with Gasteiger partial charge in [-0.25, -0.2) is 0 Å². The molecule has 0 amide bonds. The van der Waals surface area contributed by atoms with E-state index in [4.69, 9.17) is 4.74 Å². The Morgan fingerprint density at radius 3 is 2.37 bits per heavy atom. The van der Waals surface area contributed by atoms with E-state index >= 15 is 0 Å². The molecule has 0 aromatic heterocycles. The SMILES string of the molecule is CCCCOCC(O)CNC(C)(C)C(C)(C)C(=O)O. The predicted octanol–water partition coefficient (Wildman–Crippen LogP) is 1.64. The van der Waals surface area contributed by atoms with Gasteiger partial charge in [0.15, 0.2) is 0 Å². The van der Waals surface area contributed by atoms with Crippen LogP contribution >= 0.6 is 0 Å². The van der Waals surface area contributed by atoms with Gasteiger partial charge in [0.05, 0.1) is 18.1 Å². The number of aliphatic hydroxyl groups is 1. The summed E-state index contributed by atoms with van der Waals surface area (Å²) in [6.45, 7) is 10.3. The molecule has 0 saturated carbocycles. The lowest BCUT2D eigenvalue weighted by Gasteiger charge is -2.39. The number of nitrogens with one attached hydrogen (secondary N) is 1. The summed E-state index contributed by atoms with van der Waals surface area (Å²) in [4.78, 5) is 11.2. The number of hydrogen-bond donors (Lipinski definition) is 3. The lowest BCUT2D eigenvalue weighted by molar-refractivity contribution is -0.151. The molecule has 0 aliphatic rings. The molecular weight excluding hydrogens is 246 g/mol. The maximum absolute atomic E-state index is 11.2. The van der Waals surface area contributed by atoms with Crippen molar-refractivity contribution < 1.29 is 19.7 Å². The van der Waals surface area contributed by atoms with E-state index in [0.717, 1.165) is 12.8 Å². The maximum atomic E-state index is 11.2. The van der Waals surface area contributed by atoms with Crippen LogP contribution in [0.4, 0.5) is 0 Å². The minimum Gasteiger partial charge on any atom is -0.481 e. The van der Waals surface area contributed by atoms with Crippen molar-refractivity contribution in [3.63, 3.8) is 0 Å². The smallest absolute Gasteiger partial charge is 0.310 e. The largest absolute Gasteiger partial charge is 0.481 e. The average molecular weight is 275 g/mol. The van der Waals surface area contributed by atoms with Gasteiger partial charge >= 0.3 is 5.97 Å². The Bertz CT molecular complexity index is 277. The van der Waals surface area contributed by atoms with Gasteiger partial charge in [-0.1, -0.05) is 13.3 Å². The molecular formula is C14H29NO4. The molecule has 5 heteroatoms. The summed E-state index contributed by atoms with van der Waals surface area (Å²) in [6, 6.07) is 0. The molecule has 0 aromatic carbocycles. The highest BCUT2D eigenvalue weighted by molar-refractivity contribution is 5.75. The average Bonchev–Trinajstić information content (AvgIpc) is 2.31. The van der Waals surface area contributed by atoms with Crippen molar-refractivity contribution in [3.8, 4) is 0 Å². The second-order valence-electron chi connectivity index (χ2n) is 6.02. The Hall–Kier alpha value is -0.650. The third-order valence-electron chi connectivity index (χ3n) is 3.83. The fraction of sp³-hybridized carbons (Fsp3) is 0.929. The molecule has 0 radical (unpaired) electrons. The van der Waals surface area contributed by atoms with Crippen LogP contribution in [0.5, 0.6) is 0 Å². The van der Waals surface area contributed by atoms with Crippen molar-refractivity contribution in [2.75, 3.05) is 19.8 Å². The summed E-state index contributed by atoms with van der Waals surface area (Å²) in [6.07, 6.45) is 1.42. The molecule has 1 atom stereocenters. The number of unbranched alkanes of at least 4 members (excludes halogenated alkanes) is 1. The van der Waals surface area contributed by atoms with Gasteiger partial charge in [0.2, 0.25) is 0 Å². The maximum Gasteiger partial charge on any atom is 0.310 e. The minimum atomic E-state index is -0.921. The molecule has 3 N–H and O–H groups in total. The second-order valence-corrected chi connectivity index (χ2v) is 6.02. The molecule has 1 unspecified atom stereocenters. The van der Waals surface area contributed by atoms with Gasteiger partial charge in [0.25, 0.3) is 0 Å². The molecule has 0 aliphatic heterocycles. The number of aliphatic hydroxyl groups excluding tert-OH is 1. The van der Waals surface area contributed by atoms with Crippen LogP contribution in [0.3, 0.4) is 0 Å². The van der Waals surface area contributed by atoms with Gasteiger partial charge in [-0.15, -0.1) is 0 Å². The first kappa shape index (κ1) is 18.4. The van der Waals surface area contributed by atoms with Crippen molar-refractivity contribution in [2.45, 2.75) is 59.1 Å². The van der Waals surface area contributed by atoms with E-state index in [1.54, 1.807) is 13.8 Å². The molecule has 0 aliphatic carbocycles. The van der Waals surface area contributed by atoms with E-state index in [1.165, 1.54) is 0 Å². The number of aliphatic carboxylic acids is 1. The molecule has 0 spiro atoms. The quantitative estimate of drug-likeness (QED) is 0.528. The molecule has 0 rings (SSSR count). The first-order chi connectivity index (χ1) is 8.65. The normalized spacial score (nSPS) is 14.4. The lowest BCUT2D eigenvalue weighted by Crippen LogP contribution is -2.56. The topological polar surface area (TPSA) is 78.8 Å². The highest BCUT2D eigenvalue weighted by Crippen LogP contribution is 2.30. The van der Waals surface area contributed by atoms with E-state index in [2.05, 4.69) is 12.2 Å². The van der Waals surface area contributed by atoms with E-state index in [-0.39, 0.29) is 6.61 Å². The molecule has 0 bridgehead atoms. The monoisotopic (exact) mass is 275 g/mol. The molecule has 5 nitrogen and oxygen atoms in total. The predicted molar refractivity (Wildman–Crippen MR) is 75.2 cm³/mol. The highest BCUT2D eigenvalue weighted by atomic mass is 16.5. The number of rotatable bonds is 10. The van der Waals surface area contributed by atoms with E-state index < -0.39 is 23.0 Å². The van der Waals surface area contributed by atoms with Crippen LogP contribution in [0.2, 0.25) is 0 Å². The van der Waals surface area contributed by atoms with Crippen LogP contribution in [0.25, 0.3) is 0 Å². The molecule has 19 heavy (non-hydrogen) atoms. The van der Waals surface area contributed by atoms with Crippen molar-refractivity contribution >= 4 is 5.97 Å². The van der Waals surface area contributed by atoms with E-state index in [9.17, 15) is 15.0 Å². The number of carbonyl (C=O) groups is 1. The minimum absolute atomic E-state index is 0.274. The van der Waals surface area contributed by atoms with Gasteiger partial charge in [0, 0.05) is 18.7 Å². The number of carboxylic acids is 1. The first-order valence-electron chi connectivity index (χ1n) is 6.89. The van der Waals surface area contributed by atoms with E-state index in [1.807, 2.05) is 13.8 Å². The summed E-state index contributed by atoms with van der Waals surface area (Å²) in [5.74, 6) is -0.862. The van der Waals surface area contributed by atoms with Gasteiger partial charge in [-0.05, 0) is 34.1 Å². The molecule has 0 fully saturated rings. The van der Waals surface area contributed by atoms with Gasteiger partial charge < -0.3 is 20.3 Å². The van der Waals surface area contributed by atoms with Gasteiger partial charge in [-0.3, -0.25) is 4.79 Å².